The third-order valence-corrected chi connectivity index (χ3v) is 14.5. The van der Waals surface area contributed by atoms with Gasteiger partial charge in [0.15, 0.2) is 5.60 Å². The van der Waals surface area contributed by atoms with Crippen molar-refractivity contribution in [2.75, 3.05) is 36.8 Å². The summed E-state index contributed by atoms with van der Waals surface area (Å²) in [6.07, 6.45) is 0.111. The van der Waals surface area contributed by atoms with E-state index >= 15 is 0 Å². The first kappa shape index (κ1) is 33.3. The molecule has 4 atom stereocenters. The summed E-state index contributed by atoms with van der Waals surface area (Å²) in [4.78, 5) is 29.4. The van der Waals surface area contributed by atoms with Gasteiger partial charge in [0.2, 0.25) is 0 Å². The van der Waals surface area contributed by atoms with Crippen molar-refractivity contribution in [2.45, 2.75) is 50.2 Å². The van der Waals surface area contributed by atoms with Gasteiger partial charge in [0.05, 0.1) is 40.6 Å². The second kappa shape index (κ2) is 13.1. The second-order valence-corrected chi connectivity index (χ2v) is 17.9. The molecule has 0 radical (unpaired) electrons. The number of ether oxygens (including phenoxy) is 3. The summed E-state index contributed by atoms with van der Waals surface area (Å²) in [5.74, 6) is 0.898. The molecule has 2 aliphatic rings. The molecule has 2 aliphatic heterocycles. The van der Waals surface area contributed by atoms with Gasteiger partial charge in [-0.15, -0.1) is 0 Å². The molecule has 1 saturated heterocycles. The lowest BCUT2D eigenvalue weighted by Crippen LogP contribution is -2.51. The van der Waals surface area contributed by atoms with E-state index in [0.29, 0.717) is 35.7 Å². The largest absolute Gasteiger partial charge is 0.497 e. The van der Waals surface area contributed by atoms with Crippen molar-refractivity contribution in [2.24, 2.45) is 5.92 Å². The Labute approximate surface area is 282 Å². The van der Waals surface area contributed by atoms with Crippen LogP contribution in [0.2, 0.25) is 18.6 Å². The van der Waals surface area contributed by atoms with E-state index < -0.39 is 13.7 Å². The highest BCUT2D eigenvalue weighted by Crippen LogP contribution is 2.60. The van der Waals surface area contributed by atoms with Crippen LogP contribution in [-0.2, 0) is 21.7 Å². The summed E-state index contributed by atoms with van der Waals surface area (Å²) >= 11 is 0. The van der Waals surface area contributed by atoms with Crippen LogP contribution >= 0.6 is 0 Å². The number of nitrogens with two attached hydrogens (primary N) is 1. The predicted octanol–water partition coefficient (Wildman–Crippen LogP) is 5.68. The number of benzene rings is 4. The molecular weight excluding hydrogens is 623 g/mol. The molecule has 4 aromatic carbocycles. The monoisotopic (exact) mass is 665 g/mol. The topological polar surface area (TPSA) is 123 Å². The zero-order valence-corrected chi connectivity index (χ0v) is 29.0. The highest BCUT2D eigenvalue weighted by molar-refractivity contribution is 6.91. The number of aliphatic hydroxyl groups excluding tert-OH is 1. The van der Waals surface area contributed by atoms with Crippen LogP contribution in [-0.4, -0.2) is 51.9 Å². The van der Waals surface area contributed by atoms with Crippen LogP contribution < -0.4 is 30.6 Å². The van der Waals surface area contributed by atoms with Crippen molar-refractivity contribution in [3.8, 4) is 11.5 Å². The van der Waals surface area contributed by atoms with Crippen LogP contribution in [0.3, 0.4) is 0 Å². The summed E-state index contributed by atoms with van der Waals surface area (Å²) in [7, 11) is 0.985. The summed E-state index contributed by atoms with van der Waals surface area (Å²) in [6, 6.07) is 28.2. The van der Waals surface area contributed by atoms with Gasteiger partial charge in [0.25, 0.3) is 11.8 Å². The van der Waals surface area contributed by atoms with Crippen LogP contribution in [0.15, 0.2) is 91.0 Å². The standard InChI is InChI=1S/C38H43N3O6Si/c1-24-35(48(4,5)31-17-14-29(45-2)15-18-31)34(20-21-42)47-38(24)32-22-30(46-3)16-19-33(32)41(37(38)44)23-25-6-12-28(13-7-25)40-36(43)26-8-10-27(39)11-9-26/h6-19,22,24,34-35,42H,20-21,23,39H2,1-5H3,(H,40,43)/t24-,34+,35-,38+/m1/s1. The number of nitrogen functional groups attached to an aromatic ring is 1. The zero-order chi connectivity index (χ0) is 34.2. The Bertz CT molecular complexity index is 1800. The summed E-state index contributed by atoms with van der Waals surface area (Å²) in [5.41, 5.74) is 8.76. The molecule has 0 aliphatic carbocycles. The molecule has 2 amide bonds. The number of aliphatic hydroxyl groups is 1. The number of carbonyl (C=O) groups excluding carboxylic acids is 2. The van der Waals surface area contributed by atoms with Crippen molar-refractivity contribution in [3.63, 3.8) is 0 Å². The normalized spacial score (nSPS) is 21.8. The van der Waals surface area contributed by atoms with Gasteiger partial charge < -0.3 is 35.3 Å². The fourth-order valence-corrected chi connectivity index (χ4v) is 11.7. The lowest BCUT2D eigenvalue weighted by Gasteiger charge is -2.37. The lowest BCUT2D eigenvalue weighted by molar-refractivity contribution is -0.146. The minimum Gasteiger partial charge on any atom is -0.497 e. The number of rotatable bonds is 10. The molecule has 6 rings (SSSR count). The number of hydrogen-bond acceptors (Lipinski definition) is 7. The van der Waals surface area contributed by atoms with Crippen molar-refractivity contribution < 1.29 is 28.9 Å². The van der Waals surface area contributed by atoms with Gasteiger partial charge in [-0.25, -0.2) is 0 Å². The highest BCUT2D eigenvalue weighted by Gasteiger charge is 2.66. The third-order valence-electron chi connectivity index (χ3n) is 10.2. The molecule has 0 saturated carbocycles. The Balaban J connectivity index is 1.32. The maximum atomic E-state index is 14.9. The van der Waals surface area contributed by atoms with Gasteiger partial charge in [-0.2, -0.15) is 0 Å². The minimum absolute atomic E-state index is 0.0324. The number of methoxy groups -OCH3 is 2. The van der Waals surface area contributed by atoms with Crippen molar-refractivity contribution in [1.82, 2.24) is 0 Å². The fourth-order valence-electron chi connectivity index (χ4n) is 7.69. The molecule has 4 N–H and O–H groups in total. The molecule has 2 heterocycles. The first-order chi connectivity index (χ1) is 23.0. The average molecular weight is 666 g/mol. The van der Waals surface area contributed by atoms with Crippen LogP contribution in [0.1, 0.15) is 34.8 Å². The van der Waals surface area contributed by atoms with E-state index in [4.69, 9.17) is 19.9 Å². The molecular formula is C38H43N3O6Si. The number of hydrogen-bond donors (Lipinski definition) is 3. The van der Waals surface area contributed by atoms with Gasteiger partial charge in [-0.1, -0.05) is 49.5 Å². The Kier molecular flexibility index (Phi) is 9.08. The summed E-state index contributed by atoms with van der Waals surface area (Å²) < 4.78 is 18.1. The number of carbonyl (C=O) groups is 2. The van der Waals surface area contributed by atoms with Gasteiger partial charge in [0.1, 0.15) is 11.5 Å². The van der Waals surface area contributed by atoms with Crippen molar-refractivity contribution in [1.29, 1.82) is 0 Å². The van der Waals surface area contributed by atoms with Gasteiger partial charge >= 0.3 is 0 Å². The molecule has 0 bridgehead atoms. The molecule has 0 unspecified atom stereocenters. The van der Waals surface area contributed by atoms with Crippen molar-refractivity contribution >= 4 is 42.1 Å². The smallest absolute Gasteiger partial charge is 0.264 e. The Hall–Kier alpha value is -4.64. The first-order valence-corrected chi connectivity index (χ1v) is 19.3. The molecule has 4 aromatic rings. The predicted molar refractivity (Wildman–Crippen MR) is 191 cm³/mol. The van der Waals surface area contributed by atoms with E-state index in [0.717, 1.165) is 22.6 Å². The lowest BCUT2D eigenvalue weighted by atomic mass is 9.82. The van der Waals surface area contributed by atoms with E-state index in [9.17, 15) is 14.7 Å². The first-order valence-electron chi connectivity index (χ1n) is 16.2. The second-order valence-electron chi connectivity index (χ2n) is 13.2. The number of amides is 2. The zero-order valence-electron chi connectivity index (χ0n) is 28.0. The van der Waals surface area contributed by atoms with E-state index in [2.05, 4.69) is 37.5 Å². The number of nitrogens with one attached hydrogen (secondary N) is 1. The molecule has 10 heteroatoms. The van der Waals surface area contributed by atoms with Gasteiger partial charge in [0, 0.05) is 35.0 Å². The third kappa shape index (κ3) is 5.74. The van der Waals surface area contributed by atoms with Gasteiger partial charge in [-0.05, 0) is 84.3 Å². The Morgan fingerprint density at radius 1 is 0.958 bits per heavy atom. The molecule has 1 fully saturated rings. The number of fused-ring (bicyclic) bond motifs is 2. The Morgan fingerprint density at radius 2 is 1.60 bits per heavy atom. The van der Waals surface area contributed by atoms with Crippen LogP contribution in [0.5, 0.6) is 11.5 Å². The molecule has 48 heavy (non-hydrogen) atoms. The van der Waals surface area contributed by atoms with Crippen molar-refractivity contribution in [3.05, 3.63) is 108 Å². The minimum atomic E-state index is -2.29. The molecule has 9 nitrogen and oxygen atoms in total. The van der Waals surface area contributed by atoms with E-state index in [1.807, 2.05) is 54.6 Å². The summed E-state index contributed by atoms with van der Waals surface area (Å²) in [5, 5.41) is 14.3. The van der Waals surface area contributed by atoms with Gasteiger partial charge in [-0.3, -0.25) is 9.59 Å². The van der Waals surface area contributed by atoms with E-state index in [1.54, 1.807) is 43.4 Å². The Morgan fingerprint density at radius 3 is 2.23 bits per heavy atom. The maximum Gasteiger partial charge on any atom is 0.264 e. The van der Waals surface area contributed by atoms with E-state index in [-0.39, 0.29) is 36.0 Å². The average Bonchev–Trinajstić information content (AvgIpc) is 3.52. The quantitative estimate of drug-likeness (QED) is 0.147. The van der Waals surface area contributed by atoms with Crippen LogP contribution in [0.4, 0.5) is 17.1 Å². The number of nitrogens with zero attached hydrogens (tertiary/aromatic N) is 1. The SMILES string of the molecule is COc1ccc([Si](C)(C)[C@H]2[C@H](CCO)O[C@@]3(C(=O)N(Cc4ccc(NC(=O)c5ccc(N)cc5)cc4)c4ccc(OC)cc43)[C@@H]2C)cc1. The highest BCUT2D eigenvalue weighted by atomic mass is 28.3. The van der Waals surface area contributed by atoms with Crippen LogP contribution in [0.25, 0.3) is 0 Å². The fraction of sp³-hybridized carbons (Fsp3) is 0.316. The van der Waals surface area contributed by atoms with E-state index in [1.165, 1.54) is 5.19 Å². The molecule has 0 aromatic heterocycles. The maximum absolute atomic E-state index is 14.9. The number of anilines is 3. The molecule has 1 spiro atoms. The van der Waals surface area contributed by atoms with Crippen LogP contribution in [0, 0.1) is 5.92 Å². The molecule has 250 valence electrons. The summed E-state index contributed by atoms with van der Waals surface area (Å²) in [6.45, 7) is 7.04.